The Morgan fingerprint density at radius 1 is 1.29 bits per heavy atom. The number of H-pyrrole nitrogens is 1. The van der Waals surface area contributed by atoms with Crippen LogP contribution in [0.25, 0.3) is 11.1 Å². The quantitative estimate of drug-likeness (QED) is 0.755. The minimum Gasteiger partial charge on any atom is -0.441 e. The molecule has 6 nitrogen and oxygen atoms in total. The van der Waals surface area contributed by atoms with Crippen molar-refractivity contribution in [3.05, 3.63) is 46.6 Å². The highest BCUT2D eigenvalue weighted by Gasteiger charge is 2.26. The summed E-state index contributed by atoms with van der Waals surface area (Å²) in [4.78, 5) is 32.1. The van der Waals surface area contributed by atoms with Gasteiger partial charge in [-0.3, -0.25) is 9.59 Å². The van der Waals surface area contributed by atoms with Crippen LogP contribution in [-0.2, 0) is 6.42 Å². The van der Waals surface area contributed by atoms with Gasteiger partial charge in [-0.15, -0.1) is 0 Å². The number of anilines is 1. The summed E-state index contributed by atoms with van der Waals surface area (Å²) < 4.78 is 5.43. The van der Waals surface area contributed by atoms with E-state index in [4.69, 9.17) is 4.42 Å². The molecule has 2 heterocycles. The molecule has 0 saturated heterocycles. The maximum absolute atomic E-state index is 12.6. The highest BCUT2D eigenvalue weighted by molar-refractivity contribution is 6.08. The van der Waals surface area contributed by atoms with Crippen molar-refractivity contribution in [2.24, 2.45) is 0 Å². The Balaban J connectivity index is 1.65. The van der Waals surface area contributed by atoms with Crippen molar-refractivity contribution in [2.45, 2.75) is 33.1 Å². The van der Waals surface area contributed by atoms with Gasteiger partial charge in [-0.2, -0.15) is 0 Å². The topological polar surface area (TPSA) is 88.0 Å². The number of Topliss-reactive ketones (excluding diaryl/α,β-unsaturated/α-hetero) is 1. The number of benzene rings is 1. The maximum atomic E-state index is 12.6. The zero-order valence-electron chi connectivity index (χ0n) is 13.5. The number of nitrogens with zero attached hydrogens (tertiary/aromatic N) is 1. The van der Waals surface area contributed by atoms with Crippen LogP contribution in [0.1, 0.15) is 50.8 Å². The van der Waals surface area contributed by atoms with E-state index >= 15 is 0 Å². The molecule has 2 aromatic heterocycles. The lowest BCUT2D eigenvalue weighted by atomic mass is 9.94. The summed E-state index contributed by atoms with van der Waals surface area (Å²) in [5.41, 5.74) is 4.76. The molecule has 0 aliphatic heterocycles. The molecule has 1 aliphatic carbocycles. The Bertz CT molecular complexity index is 981. The van der Waals surface area contributed by atoms with E-state index < -0.39 is 0 Å². The third kappa shape index (κ3) is 2.31. The summed E-state index contributed by atoms with van der Waals surface area (Å²) in [6.45, 7) is 3.60. The number of fused-ring (bicyclic) bond motifs is 2. The zero-order chi connectivity index (χ0) is 16.8. The van der Waals surface area contributed by atoms with Gasteiger partial charge in [-0.05, 0) is 43.5 Å². The number of hydrogen-bond donors (Lipinski definition) is 2. The van der Waals surface area contributed by atoms with Gasteiger partial charge in [0.05, 0.1) is 0 Å². The van der Waals surface area contributed by atoms with Gasteiger partial charge in [0.2, 0.25) is 0 Å². The molecule has 0 radical (unpaired) electrons. The van der Waals surface area contributed by atoms with Crippen molar-refractivity contribution < 1.29 is 14.0 Å². The number of aryl methyl sites for hydroxylation is 2. The van der Waals surface area contributed by atoms with Crippen LogP contribution in [0, 0.1) is 13.8 Å². The fourth-order valence-electron chi connectivity index (χ4n) is 3.32. The minimum atomic E-state index is -0.255. The van der Waals surface area contributed by atoms with Gasteiger partial charge in [0, 0.05) is 30.3 Å². The molecule has 0 spiro atoms. The first-order valence-electron chi connectivity index (χ1n) is 7.96. The first-order chi connectivity index (χ1) is 11.5. The largest absolute Gasteiger partial charge is 0.441 e. The van der Waals surface area contributed by atoms with Crippen LogP contribution in [0.15, 0.2) is 22.6 Å². The van der Waals surface area contributed by atoms with Crippen LogP contribution >= 0.6 is 0 Å². The van der Waals surface area contributed by atoms with Crippen LogP contribution in [-0.4, -0.2) is 21.7 Å². The first-order valence-corrected chi connectivity index (χ1v) is 7.96. The molecule has 6 heteroatoms. The number of aromatic nitrogens is 2. The molecule has 3 aromatic rings. The van der Waals surface area contributed by atoms with Crippen LogP contribution < -0.4 is 5.32 Å². The molecule has 0 fully saturated rings. The van der Waals surface area contributed by atoms with E-state index in [0.717, 1.165) is 24.1 Å². The normalized spacial score (nSPS) is 14.0. The monoisotopic (exact) mass is 323 g/mol. The molecule has 24 heavy (non-hydrogen) atoms. The number of rotatable bonds is 2. The Morgan fingerprint density at radius 3 is 2.92 bits per heavy atom. The van der Waals surface area contributed by atoms with E-state index in [1.54, 1.807) is 25.1 Å². The zero-order valence-corrected chi connectivity index (χ0v) is 13.5. The standard InChI is InChI=1S/C18H17N3O3/c1-9-16-12(4-3-5-14(16)22)21-17(9)18(23)20-11-6-7-15-13(8-11)19-10(2)24-15/h6-8,21H,3-5H2,1-2H3,(H,20,23). The summed E-state index contributed by atoms with van der Waals surface area (Å²) in [5, 5.41) is 2.86. The van der Waals surface area contributed by atoms with Gasteiger partial charge in [-0.1, -0.05) is 0 Å². The predicted molar refractivity (Wildman–Crippen MR) is 89.5 cm³/mol. The van der Waals surface area contributed by atoms with Crippen LogP contribution in [0.2, 0.25) is 0 Å². The highest BCUT2D eigenvalue weighted by atomic mass is 16.3. The molecule has 122 valence electrons. The number of carbonyl (C=O) groups is 2. The lowest BCUT2D eigenvalue weighted by molar-refractivity contribution is 0.0971. The van der Waals surface area contributed by atoms with Crippen molar-refractivity contribution in [3.8, 4) is 0 Å². The number of carbonyl (C=O) groups excluding carboxylic acids is 2. The third-order valence-corrected chi connectivity index (χ3v) is 4.42. The van der Waals surface area contributed by atoms with E-state index in [-0.39, 0.29) is 11.7 Å². The summed E-state index contributed by atoms with van der Waals surface area (Å²) in [6, 6.07) is 5.32. The highest BCUT2D eigenvalue weighted by Crippen LogP contribution is 2.27. The first kappa shape index (κ1) is 14.7. The molecule has 0 atom stereocenters. The Hall–Kier alpha value is -2.89. The molecule has 4 rings (SSSR count). The van der Waals surface area contributed by atoms with Crippen LogP contribution in [0.5, 0.6) is 0 Å². The second-order valence-corrected chi connectivity index (χ2v) is 6.12. The molecule has 1 amide bonds. The Labute approximate surface area is 138 Å². The predicted octanol–water partition coefficient (Wildman–Crippen LogP) is 3.54. The van der Waals surface area contributed by atoms with Gasteiger partial charge in [-0.25, -0.2) is 4.98 Å². The maximum Gasteiger partial charge on any atom is 0.272 e. The van der Waals surface area contributed by atoms with Crippen molar-refractivity contribution in [2.75, 3.05) is 5.32 Å². The number of nitrogens with one attached hydrogen (secondary N) is 2. The molecule has 1 aliphatic rings. The lowest BCUT2D eigenvalue weighted by Crippen LogP contribution is -2.14. The van der Waals surface area contributed by atoms with Gasteiger partial charge >= 0.3 is 0 Å². The van der Waals surface area contributed by atoms with E-state index in [1.807, 2.05) is 6.92 Å². The minimum absolute atomic E-state index is 0.114. The second kappa shape index (κ2) is 5.33. The number of amides is 1. The lowest BCUT2D eigenvalue weighted by Gasteiger charge is -2.09. The molecule has 2 N–H and O–H groups in total. The van der Waals surface area contributed by atoms with Gasteiger partial charge in [0.1, 0.15) is 11.2 Å². The summed E-state index contributed by atoms with van der Waals surface area (Å²) in [5.74, 6) is 0.442. The van der Waals surface area contributed by atoms with E-state index in [1.165, 1.54) is 0 Å². The fourth-order valence-corrected chi connectivity index (χ4v) is 3.32. The Kier molecular flexibility index (Phi) is 3.26. The molecule has 1 aromatic carbocycles. The Morgan fingerprint density at radius 2 is 2.12 bits per heavy atom. The number of oxazole rings is 1. The van der Waals surface area contributed by atoms with Gasteiger partial charge in [0.15, 0.2) is 17.3 Å². The van der Waals surface area contributed by atoms with Crippen molar-refractivity contribution >= 4 is 28.5 Å². The molecule has 0 bridgehead atoms. The SMILES string of the molecule is Cc1nc2cc(NC(=O)c3[nH]c4c(c3C)C(=O)CCC4)ccc2o1. The molecule has 0 saturated carbocycles. The van der Waals surface area contributed by atoms with Crippen molar-refractivity contribution in [1.82, 2.24) is 9.97 Å². The van der Waals surface area contributed by atoms with Crippen molar-refractivity contribution in [1.29, 1.82) is 0 Å². The molecular weight excluding hydrogens is 306 g/mol. The van der Waals surface area contributed by atoms with Crippen LogP contribution in [0.4, 0.5) is 5.69 Å². The van der Waals surface area contributed by atoms with E-state index in [9.17, 15) is 9.59 Å². The summed E-state index contributed by atoms with van der Waals surface area (Å²) in [6.07, 6.45) is 2.18. The average Bonchev–Trinajstić information content (AvgIpc) is 3.07. The van der Waals surface area contributed by atoms with E-state index in [0.29, 0.717) is 40.4 Å². The van der Waals surface area contributed by atoms with E-state index in [2.05, 4.69) is 15.3 Å². The molecular formula is C18H17N3O3. The summed E-state index contributed by atoms with van der Waals surface area (Å²) >= 11 is 0. The van der Waals surface area contributed by atoms with Crippen LogP contribution in [0.3, 0.4) is 0 Å². The fraction of sp³-hybridized carbons (Fsp3) is 0.278. The smallest absolute Gasteiger partial charge is 0.272 e. The third-order valence-electron chi connectivity index (χ3n) is 4.42. The number of aromatic amines is 1. The molecule has 0 unspecified atom stereocenters. The van der Waals surface area contributed by atoms with Crippen molar-refractivity contribution in [3.63, 3.8) is 0 Å². The second-order valence-electron chi connectivity index (χ2n) is 6.12. The number of ketones is 1. The van der Waals surface area contributed by atoms with Gasteiger partial charge in [0.25, 0.3) is 5.91 Å². The average molecular weight is 323 g/mol. The number of hydrogen-bond acceptors (Lipinski definition) is 4. The van der Waals surface area contributed by atoms with Gasteiger partial charge < -0.3 is 14.7 Å². The summed E-state index contributed by atoms with van der Waals surface area (Å²) in [7, 11) is 0.